The number of benzene rings is 1. The molecule has 0 atom stereocenters. The van der Waals surface area contributed by atoms with Gasteiger partial charge in [-0.3, -0.25) is 19.8 Å². The Kier molecular flexibility index (Phi) is 2.33. The fourth-order valence-electron chi connectivity index (χ4n) is 1.92. The van der Waals surface area contributed by atoms with E-state index in [2.05, 4.69) is 15.2 Å². The maximum atomic E-state index is 11.7. The molecule has 0 unspecified atom stereocenters. The summed E-state index contributed by atoms with van der Waals surface area (Å²) >= 11 is 0. The van der Waals surface area contributed by atoms with Gasteiger partial charge in [-0.05, 0) is 5.56 Å². The number of H-pyrrole nitrogens is 2. The predicted molar refractivity (Wildman–Crippen MR) is 66.5 cm³/mol. The first-order valence-corrected chi connectivity index (χ1v) is 5.45. The number of aromatic nitrogens is 4. The monoisotopic (exact) mass is 242 g/mol. The van der Waals surface area contributed by atoms with Gasteiger partial charge in [0.25, 0.3) is 11.1 Å². The van der Waals surface area contributed by atoms with Crippen LogP contribution < -0.4 is 11.1 Å². The molecule has 0 aliphatic rings. The van der Waals surface area contributed by atoms with Gasteiger partial charge in [0, 0.05) is 6.54 Å². The summed E-state index contributed by atoms with van der Waals surface area (Å²) in [5.41, 5.74) is 0.753. The Morgan fingerprint density at radius 2 is 1.78 bits per heavy atom. The second kappa shape index (κ2) is 3.99. The first-order valence-electron chi connectivity index (χ1n) is 5.45. The lowest BCUT2D eigenvalue weighted by Crippen LogP contribution is -2.20. The fraction of sp³-hybridized carbons (Fsp3) is 0.0833. The van der Waals surface area contributed by atoms with E-state index >= 15 is 0 Å². The van der Waals surface area contributed by atoms with Gasteiger partial charge in [0.2, 0.25) is 0 Å². The highest BCUT2D eigenvalue weighted by Crippen LogP contribution is 2.07. The quantitative estimate of drug-likeness (QED) is 0.684. The van der Waals surface area contributed by atoms with Crippen LogP contribution in [0.2, 0.25) is 0 Å². The number of rotatable bonds is 2. The molecule has 0 saturated carbocycles. The maximum Gasteiger partial charge on any atom is 0.290 e. The summed E-state index contributed by atoms with van der Waals surface area (Å²) in [5, 5.41) is 4.55. The van der Waals surface area contributed by atoms with Crippen molar-refractivity contribution in [3.63, 3.8) is 0 Å². The number of nitrogens with one attached hydrogen (secondary N) is 2. The summed E-state index contributed by atoms with van der Waals surface area (Å²) in [6.07, 6.45) is 1.50. The predicted octanol–water partition coefficient (Wildman–Crippen LogP) is 0.461. The van der Waals surface area contributed by atoms with Crippen LogP contribution in [0, 0.1) is 0 Å². The fourth-order valence-corrected chi connectivity index (χ4v) is 1.92. The maximum absolute atomic E-state index is 11.7. The van der Waals surface area contributed by atoms with E-state index in [4.69, 9.17) is 0 Å². The highest BCUT2D eigenvalue weighted by Gasteiger charge is 2.10. The number of aromatic amines is 2. The molecular formula is C12H10N4O2. The Labute approximate surface area is 101 Å². The van der Waals surface area contributed by atoms with Crippen LogP contribution in [0.1, 0.15) is 5.56 Å². The molecule has 18 heavy (non-hydrogen) atoms. The van der Waals surface area contributed by atoms with Gasteiger partial charge in [0.05, 0.1) is 6.33 Å². The number of nitrogens with zero attached hydrogens (tertiary/aromatic N) is 2. The molecule has 90 valence electrons. The van der Waals surface area contributed by atoms with Gasteiger partial charge in [-0.25, -0.2) is 4.98 Å². The van der Waals surface area contributed by atoms with Crippen LogP contribution >= 0.6 is 0 Å². The van der Waals surface area contributed by atoms with Crippen molar-refractivity contribution in [1.29, 1.82) is 0 Å². The van der Waals surface area contributed by atoms with Crippen molar-refractivity contribution in [2.45, 2.75) is 6.54 Å². The van der Waals surface area contributed by atoms with Crippen LogP contribution in [0.15, 0.2) is 46.2 Å². The number of hydrogen-bond acceptors (Lipinski definition) is 3. The van der Waals surface area contributed by atoms with Gasteiger partial charge >= 0.3 is 0 Å². The van der Waals surface area contributed by atoms with Crippen molar-refractivity contribution in [3.05, 3.63) is 62.9 Å². The Bertz CT molecular complexity index is 798. The number of fused-ring (bicyclic) bond motifs is 1. The van der Waals surface area contributed by atoms with Crippen molar-refractivity contribution in [1.82, 2.24) is 19.7 Å². The van der Waals surface area contributed by atoms with E-state index in [0.29, 0.717) is 12.1 Å². The third kappa shape index (κ3) is 1.64. The van der Waals surface area contributed by atoms with Crippen LogP contribution in [0.25, 0.3) is 11.0 Å². The smallest absolute Gasteiger partial charge is 0.290 e. The van der Waals surface area contributed by atoms with Crippen molar-refractivity contribution < 1.29 is 0 Å². The van der Waals surface area contributed by atoms with Crippen LogP contribution in [0.5, 0.6) is 0 Å². The van der Waals surface area contributed by atoms with Crippen LogP contribution in [-0.2, 0) is 6.54 Å². The Morgan fingerprint density at radius 1 is 1.06 bits per heavy atom. The van der Waals surface area contributed by atoms with E-state index in [0.717, 1.165) is 5.56 Å². The average molecular weight is 242 g/mol. The lowest BCUT2D eigenvalue weighted by atomic mass is 10.2. The Balaban J connectivity index is 2.17. The summed E-state index contributed by atoms with van der Waals surface area (Å²) in [6.45, 7) is 0.504. The molecule has 0 saturated heterocycles. The van der Waals surface area contributed by atoms with E-state index < -0.39 is 5.56 Å². The molecule has 2 aromatic heterocycles. The highest BCUT2D eigenvalue weighted by atomic mass is 16.1. The largest absolute Gasteiger partial charge is 0.321 e. The minimum absolute atomic E-state index is 0.162. The van der Waals surface area contributed by atoms with Gasteiger partial charge in [0.15, 0.2) is 5.52 Å². The second-order valence-corrected chi connectivity index (χ2v) is 3.96. The van der Waals surface area contributed by atoms with E-state index in [1.165, 1.54) is 6.33 Å². The third-order valence-electron chi connectivity index (χ3n) is 2.75. The molecule has 0 aliphatic heterocycles. The summed E-state index contributed by atoms with van der Waals surface area (Å²) in [4.78, 5) is 27.2. The zero-order valence-corrected chi connectivity index (χ0v) is 9.38. The molecular weight excluding hydrogens is 232 g/mol. The molecule has 6 heteroatoms. The van der Waals surface area contributed by atoms with Gasteiger partial charge < -0.3 is 4.57 Å². The summed E-state index contributed by atoms with van der Waals surface area (Å²) < 4.78 is 1.67. The lowest BCUT2D eigenvalue weighted by molar-refractivity contribution is 0.816. The molecule has 0 bridgehead atoms. The van der Waals surface area contributed by atoms with Crippen molar-refractivity contribution in [2.75, 3.05) is 0 Å². The van der Waals surface area contributed by atoms with Crippen LogP contribution in [-0.4, -0.2) is 19.7 Å². The minimum Gasteiger partial charge on any atom is -0.321 e. The van der Waals surface area contributed by atoms with Gasteiger partial charge in [0.1, 0.15) is 5.52 Å². The Morgan fingerprint density at radius 3 is 2.56 bits per heavy atom. The first-order chi connectivity index (χ1) is 8.75. The highest BCUT2D eigenvalue weighted by molar-refractivity contribution is 5.72. The Hall–Kier alpha value is -2.63. The molecule has 1 aromatic carbocycles. The normalized spacial score (nSPS) is 10.9. The number of hydrogen-bond donors (Lipinski definition) is 2. The molecule has 2 N–H and O–H groups in total. The van der Waals surface area contributed by atoms with Gasteiger partial charge in [-0.1, -0.05) is 30.3 Å². The van der Waals surface area contributed by atoms with Crippen molar-refractivity contribution in [3.8, 4) is 0 Å². The van der Waals surface area contributed by atoms with E-state index in [-0.39, 0.29) is 11.1 Å². The van der Waals surface area contributed by atoms with Gasteiger partial charge in [-0.2, -0.15) is 0 Å². The average Bonchev–Trinajstić information content (AvgIpc) is 2.80. The van der Waals surface area contributed by atoms with E-state index in [1.807, 2.05) is 30.3 Å². The first kappa shape index (κ1) is 10.5. The van der Waals surface area contributed by atoms with Gasteiger partial charge in [-0.15, -0.1) is 0 Å². The minimum atomic E-state index is -0.392. The molecule has 3 aromatic rings. The summed E-state index contributed by atoms with van der Waals surface area (Å²) in [7, 11) is 0. The molecule has 0 fully saturated rings. The third-order valence-corrected chi connectivity index (χ3v) is 2.75. The van der Waals surface area contributed by atoms with E-state index in [1.54, 1.807) is 4.57 Å². The molecule has 2 heterocycles. The number of imidazole rings is 1. The van der Waals surface area contributed by atoms with Crippen LogP contribution in [0.4, 0.5) is 0 Å². The molecule has 0 aliphatic carbocycles. The topological polar surface area (TPSA) is 83.5 Å². The molecule has 0 amide bonds. The van der Waals surface area contributed by atoms with Crippen molar-refractivity contribution >= 4 is 11.0 Å². The lowest BCUT2D eigenvalue weighted by Gasteiger charge is -2.03. The molecule has 6 nitrogen and oxygen atoms in total. The summed E-state index contributed by atoms with van der Waals surface area (Å²) in [5.74, 6) is 0. The zero-order chi connectivity index (χ0) is 12.5. The molecule has 0 radical (unpaired) electrons. The van der Waals surface area contributed by atoms with E-state index in [9.17, 15) is 9.59 Å². The molecule has 3 rings (SSSR count). The van der Waals surface area contributed by atoms with Crippen LogP contribution in [0.3, 0.4) is 0 Å². The molecule has 0 spiro atoms. The second-order valence-electron chi connectivity index (χ2n) is 3.96. The standard InChI is InChI=1S/C12H10N4O2/c17-11-9-10(12(18)15-14-11)16(7-13-9)6-8-4-2-1-3-5-8/h1-5,7H,6H2,(H,14,17)(H,15,18). The summed E-state index contributed by atoms with van der Waals surface area (Å²) in [6, 6.07) is 9.67. The zero-order valence-electron chi connectivity index (χ0n) is 9.38. The SMILES string of the molecule is O=c1[nH][nH]c(=O)c2c1ncn2Cc1ccccc1. The van der Waals surface area contributed by atoms with Crippen molar-refractivity contribution in [2.24, 2.45) is 0 Å².